The topological polar surface area (TPSA) is 43.7 Å². The average Bonchev–Trinajstić information content (AvgIpc) is 2.82. The summed E-state index contributed by atoms with van der Waals surface area (Å²) in [5.74, 6) is 0.812. The summed E-state index contributed by atoms with van der Waals surface area (Å²) < 4.78 is 5.77. The SMILES string of the molecule is CC1C(c2ccccn2)=NOC1Oc1ccccc1. The van der Waals surface area contributed by atoms with Gasteiger partial charge in [0, 0.05) is 6.20 Å². The molecule has 0 aliphatic carbocycles. The molecular weight excluding hydrogens is 240 g/mol. The molecule has 0 radical (unpaired) electrons. The van der Waals surface area contributed by atoms with Gasteiger partial charge in [0.25, 0.3) is 6.29 Å². The Balaban J connectivity index is 1.73. The molecule has 4 heteroatoms. The van der Waals surface area contributed by atoms with Crippen LogP contribution in [0.5, 0.6) is 5.75 Å². The van der Waals surface area contributed by atoms with Gasteiger partial charge in [0.05, 0.1) is 11.6 Å². The number of oxime groups is 1. The summed E-state index contributed by atoms with van der Waals surface area (Å²) in [4.78, 5) is 9.65. The minimum atomic E-state index is -0.403. The Morgan fingerprint density at radius 3 is 2.58 bits per heavy atom. The lowest BCUT2D eigenvalue weighted by molar-refractivity contribution is -0.0767. The highest BCUT2D eigenvalue weighted by atomic mass is 16.8. The fourth-order valence-electron chi connectivity index (χ4n) is 1.96. The van der Waals surface area contributed by atoms with Crippen LogP contribution in [0.15, 0.2) is 59.9 Å². The van der Waals surface area contributed by atoms with Gasteiger partial charge in [-0.25, -0.2) is 0 Å². The summed E-state index contributed by atoms with van der Waals surface area (Å²) in [6.07, 6.45) is 1.34. The van der Waals surface area contributed by atoms with Crippen LogP contribution in [-0.4, -0.2) is 17.0 Å². The Hall–Kier alpha value is -2.36. The van der Waals surface area contributed by atoms with Crippen molar-refractivity contribution in [2.45, 2.75) is 13.2 Å². The third kappa shape index (κ3) is 2.42. The van der Waals surface area contributed by atoms with E-state index in [2.05, 4.69) is 10.1 Å². The minimum absolute atomic E-state index is 0.0371. The number of hydrogen-bond donors (Lipinski definition) is 0. The van der Waals surface area contributed by atoms with E-state index in [1.54, 1.807) is 6.20 Å². The lowest BCUT2D eigenvalue weighted by Crippen LogP contribution is -2.27. The quantitative estimate of drug-likeness (QED) is 0.846. The van der Waals surface area contributed by atoms with E-state index in [1.807, 2.05) is 55.5 Å². The van der Waals surface area contributed by atoms with Crippen molar-refractivity contribution in [3.63, 3.8) is 0 Å². The van der Waals surface area contributed by atoms with E-state index in [-0.39, 0.29) is 5.92 Å². The van der Waals surface area contributed by atoms with Crippen molar-refractivity contribution in [2.24, 2.45) is 11.1 Å². The Bertz CT molecular complexity index is 569. The summed E-state index contributed by atoms with van der Waals surface area (Å²) >= 11 is 0. The van der Waals surface area contributed by atoms with E-state index in [4.69, 9.17) is 9.57 Å². The molecule has 1 aromatic carbocycles. The zero-order chi connectivity index (χ0) is 13.1. The largest absolute Gasteiger partial charge is 0.452 e. The highest BCUT2D eigenvalue weighted by molar-refractivity contribution is 6.01. The van der Waals surface area contributed by atoms with Crippen LogP contribution in [0.4, 0.5) is 0 Å². The normalized spacial score (nSPS) is 21.6. The van der Waals surface area contributed by atoms with Crippen molar-refractivity contribution < 1.29 is 9.57 Å². The summed E-state index contributed by atoms with van der Waals surface area (Å²) in [5, 5.41) is 4.09. The zero-order valence-corrected chi connectivity index (χ0v) is 10.6. The van der Waals surface area contributed by atoms with E-state index in [9.17, 15) is 0 Å². The van der Waals surface area contributed by atoms with Crippen LogP contribution in [0.25, 0.3) is 0 Å². The molecule has 0 fully saturated rings. The molecule has 0 saturated heterocycles. The molecule has 0 N–H and O–H groups in total. The molecule has 19 heavy (non-hydrogen) atoms. The van der Waals surface area contributed by atoms with Crippen molar-refractivity contribution in [3.05, 3.63) is 60.4 Å². The molecule has 3 rings (SSSR count). The number of nitrogens with zero attached hydrogens (tertiary/aromatic N) is 2. The summed E-state index contributed by atoms with van der Waals surface area (Å²) in [6.45, 7) is 2.02. The van der Waals surface area contributed by atoms with Gasteiger partial charge in [-0.2, -0.15) is 0 Å². The lowest BCUT2D eigenvalue weighted by Gasteiger charge is -2.16. The number of hydrogen-bond acceptors (Lipinski definition) is 4. The molecule has 0 amide bonds. The van der Waals surface area contributed by atoms with Crippen molar-refractivity contribution in [1.82, 2.24) is 4.98 Å². The molecule has 1 aliphatic heterocycles. The van der Waals surface area contributed by atoms with E-state index in [0.717, 1.165) is 17.2 Å². The first-order valence-corrected chi connectivity index (χ1v) is 6.21. The molecule has 2 atom stereocenters. The van der Waals surface area contributed by atoms with E-state index in [0.29, 0.717) is 0 Å². The van der Waals surface area contributed by atoms with Crippen molar-refractivity contribution in [3.8, 4) is 5.75 Å². The van der Waals surface area contributed by atoms with Crippen molar-refractivity contribution >= 4 is 5.71 Å². The van der Waals surface area contributed by atoms with Crippen LogP contribution in [0.3, 0.4) is 0 Å². The van der Waals surface area contributed by atoms with Crippen LogP contribution >= 0.6 is 0 Å². The fraction of sp³-hybridized carbons (Fsp3) is 0.200. The highest BCUT2D eigenvalue weighted by Crippen LogP contribution is 2.24. The van der Waals surface area contributed by atoms with Crippen LogP contribution < -0.4 is 4.74 Å². The molecule has 0 spiro atoms. The Morgan fingerprint density at radius 1 is 1.05 bits per heavy atom. The van der Waals surface area contributed by atoms with Gasteiger partial charge in [-0.1, -0.05) is 29.4 Å². The predicted molar refractivity (Wildman–Crippen MR) is 71.9 cm³/mol. The molecule has 2 unspecified atom stereocenters. The number of benzene rings is 1. The van der Waals surface area contributed by atoms with Gasteiger partial charge in [-0.3, -0.25) is 4.98 Å². The second-order valence-corrected chi connectivity index (χ2v) is 4.38. The smallest absolute Gasteiger partial charge is 0.273 e. The van der Waals surface area contributed by atoms with Gasteiger partial charge in [0.15, 0.2) is 0 Å². The third-order valence-electron chi connectivity index (χ3n) is 3.02. The fourth-order valence-corrected chi connectivity index (χ4v) is 1.96. The van der Waals surface area contributed by atoms with Gasteiger partial charge in [-0.05, 0) is 31.2 Å². The summed E-state index contributed by atoms with van der Waals surface area (Å²) in [6, 6.07) is 15.3. The van der Waals surface area contributed by atoms with E-state index < -0.39 is 6.29 Å². The first-order chi connectivity index (χ1) is 9.34. The summed E-state index contributed by atoms with van der Waals surface area (Å²) in [7, 11) is 0. The lowest BCUT2D eigenvalue weighted by atomic mass is 10.0. The number of para-hydroxylation sites is 1. The van der Waals surface area contributed by atoms with Crippen molar-refractivity contribution in [2.75, 3.05) is 0 Å². The Kier molecular flexibility index (Phi) is 3.14. The molecule has 1 aliphatic rings. The van der Waals surface area contributed by atoms with Gasteiger partial charge in [0.2, 0.25) is 0 Å². The maximum Gasteiger partial charge on any atom is 0.273 e. The second-order valence-electron chi connectivity index (χ2n) is 4.38. The maximum atomic E-state index is 5.77. The van der Waals surface area contributed by atoms with Crippen LogP contribution in [-0.2, 0) is 4.84 Å². The molecular formula is C15H14N2O2. The van der Waals surface area contributed by atoms with E-state index in [1.165, 1.54) is 0 Å². The number of ether oxygens (including phenoxy) is 1. The van der Waals surface area contributed by atoms with Gasteiger partial charge >= 0.3 is 0 Å². The molecule has 4 nitrogen and oxygen atoms in total. The number of aromatic nitrogens is 1. The standard InChI is InChI=1S/C15H14N2O2/c1-11-14(13-9-5-6-10-16-13)17-19-15(11)18-12-7-3-2-4-8-12/h2-11,15H,1H3. The highest BCUT2D eigenvalue weighted by Gasteiger charge is 2.33. The first kappa shape index (κ1) is 11.7. The molecule has 0 saturated carbocycles. The van der Waals surface area contributed by atoms with Gasteiger partial charge in [-0.15, -0.1) is 0 Å². The Morgan fingerprint density at radius 2 is 1.84 bits per heavy atom. The monoisotopic (exact) mass is 254 g/mol. The number of pyridine rings is 1. The first-order valence-electron chi connectivity index (χ1n) is 6.21. The molecule has 1 aromatic heterocycles. The van der Waals surface area contributed by atoms with Gasteiger partial charge in [0.1, 0.15) is 11.5 Å². The molecule has 2 aromatic rings. The van der Waals surface area contributed by atoms with Crippen LogP contribution in [0.1, 0.15) is 12.6 Å². The maximum absolute atomic E-state index is 5.77. The third-order valence-corrected chi connectivity index (χ3v) is 3.02. The van der Waals surface area contributed by atoms with Gasteiger partial charge < -0.3 is 9.57 Å². The zero-order valence-electron chi connectivity index (χ0n) is 10.6. The molecule has 96 valence electrons. The minimum Gasteiger partial charge on any atom is -0.452 e. The van der Waals surface area contributed by atoms with E-state index >= 15 is 0 Å². The summed E-state index contributed by atoms with van der Waals surface area (Å²) in [5.41, 5.74) is 1.65. The second kappa shape index (κ2) is 5.10. The molecule has 0 bridgehead atoms. The predicted octanol–water partition coefficient (Wildman–Crippen LogP) is 2.86. The number of rotatable bonds is 3. The van der Waals surface area contributed by atoms with Crippen LogP contribution in [0.2, 0.25) is 0 Å². The van der Waals surface area contributed by atoms with Crippen LogP contribution in [0, 0.1) is 5.92 Å². The van der Waals surface area contributed by atoms with Crippen molar-refractivity contribution in [1.29, 1.82) is 0 Å². The Labute approximate surface area is 111 Å². The average molecular weight is 254 g/mol. The molecule has 2 heterocycles.